The topological polar surface area (TPSA) is 102 Å². The second-order valence-electron chi connectivity index (χ2n) is 3.84. The van der Waals surface area contributed by atoms with Gasteiger partial charge in [-0.2, -0.15) is 0 Å². The molecule has 98 valence electrons. The number of anilines is 2. The smallest absolute Gasteiger partial charge is 0.180 e. The van der Waals surface area contributed by atoms with Crippen LogP contribution in [-0.2, 0) is 9.84 Å². The van der Waals surface area contributed by atoms with Crippen molar-refractivity contribution < 1.29 is 8.42 Å². The van der Waals surface area contributed by atoms with Crippen molar-refractivity contribution in [2.24, 2.45) is 0 Å². The molecule has 0 saturated carbocycles. The standard InChI is InChI=1S/C10H15N5O2S/c1-2-18(16,17)6-4-12-9-10-13-3-5-15(10)7-8(11)14-9/h3,5,7H,2,4,6,11H2,1H3,(H,12,14). The molecule has 0 atom stereocenters. The third-order valence-electron chi connectivity index (χ3n) is 2.54. The highest BCUT2D eigenvalue weighted by Gasteiger charge is 2.09. The second kappa shape index (κ2) is 4.81. The Kier molecular flexibility index (Phi) is 3.37. The summed E-state index contributed by atoms with van der Waals surface area (Å²) in [7, 11) is -2.99. The van der Waals surface area contributed by atoms with Crippen molar-refractivity contribution in [2.45, 2.75) is 6.92 Å². The largest absolute Gasteiger partial charge is 0.382 e. The first kappa shape index (κ1) is 12.6. The molecule has 0 aliphatic rings. The average molecular weight is 269 g/mol. The lowest BCUT2D eigenvalue weighted by molar-refractivity contribution is 0.597. The molecule has 18 heavy (non-hydrogen) atoms. The molecular weight excluding hydrogens is 254 g/mol. The zero-order chi connectivity index (χ0) is 13.2. The summed E-state index contributed by atoms with van der Waals surface area (Å²) >= 11 is 0. The van der Waals surface area contributed by atoms with Crippen LogP contribution in [0.5, 0.6) is 0 Å². The van der Waals surface area contributed by atoms with Crippen LogP contribution in [0.4, 0.5) is 11.6 Å². The van der Waals surface area contributed by atoms with Gasteiger partial charge in [-0.15, -0.1) is 0 Å². The minimum Gasteiger partial charge on any atom is -0.382 e. The highest BCUT2D eigenvalue weighted by atomic mass is 32.2. The van der Waals surface area contributed by atoms with E-state index < -0.39 is 9.84 Å². The summed E-state index contributed by atoms with van der Waals surface area (Å²) in [6.45, 7) is 1.91. The molecule has 0 fully saturated rings. The Morgan fingerprint density at radius 1 is 1.50 bits per heavy atom. The molecule has 0 aliphatic carbocycles. The highest BCUT2D eigenvalue weighted by Crippen LogP contribution is 2.14. The molecule has 0 spiro atoms. The normalized spacial score (nSPS) is 11.8. The van der Waals surface area contributed by atoms with Crippen LogP contribution < -0.4 is 11.1 Å². The summed E-state index contributed by atoms with van der Waals surface area (Å²) in [6.07, 6.45) is 5.03. The van der Waals surface area contributed by atoms with Gasteiger partial charge in [0.25, 0.3) is 0 Å². The van der Waals surface area contributed by atoms with Crippen molar-refractivity contribution in [2.75, 3.05) is 29.1 Å². The predicted molar refractivity (Wildman–Crippen MR) is 70.2 cm³/mol. The van der Waals surface area contributed by atoms with Crippen LogP contribution in [0.15, 0.2) is 18.6 Å². The second-order valence-corrected chi connectivity index (χ2v) is 6.31. The molecule has 2 heterocycles. The molecular formula is C10H15N5O2S. The minimum absolute atomic E-state index is 0.0623. The molecule has 2 aromatic rings. The maximum absolute atomic E-state index is 11.4. The lowest BCUT2D eigenvalue weighted by Crippen LogP contribution is -2.18. The maximum atomic E-state index is 11.4. The lowest BCUT2D eigenvalue weighted by Gasteiger charge is -2.07. The molecule has 3 N–H and O–H groups in total. The molecule has 0 saturated heterocycles. The fraction of sp³-hybridized carbons (Fsp3) is 0.400. The van der Waals surface area contributed by atoms with Crippen molar-refractivity contribution in [3.8, 4) is 0 Å². The highest BCUT2D eigenvalue weighted by molar-refractivity contribution is 7.91. The number of nitrogen functional groups attached to an aromatic ring is 1. The van der Waals surface area contributed by atoms with Crippen LogP contribution in [0.3, 0.4) is 0 Å². The van der Waals surface area contributed by atoms with Crippen molar-refractivity contribution in [3.05, 3.63) is 18.6 Å². The van der Waals surface area contributed by atoms with Crippen molar-refractivity contribution in [1.29, 1.82) is 0 Å². The number of hydrogen-bond acceptors (Lipinski definition) is 6. The third kappa shape index (κ3) is 2.70. The van der Waals surface area contributed by atoms with E-state index in [9.17, 15) is 8.42 Å². The van der Waals surface area contributed by atoms with Gasteiger partial charge >= 0.3 is 0 Å². The van der Waals surface area contributed by atoms with Gasteiger partial charge in [0.1, 0.15) is 5.82 Å². The number of hydrogen-bond donors (Lipinski definition) is 2. The van der Waals surface area contributed by atoms with E-state index in [1.54, 1.807) is 29.9 Å². The van der Waals surface area contributed by atoms with Gasteiger partial charge in [0.15, 0.2) is 21.3 Å². The van der Waals surface area contributed by atoms with Crippen LogP contribution in [0, 0.1) is 0 Å². The van der Waals surface area contributed by atoms with Crippen molar-refractivity contribution in [3.63, 3.8) is 0 Å². The first-order valence-electron chi connectivity index (χ1n) is 5.55. The monoisotopic (exact) mass is 269 g/mol. The van der Waals surface area contributed by atoms with Gasteiger partial charge < -0.3 is 15.5 Å². The zero-order valence-electron chi connectivity index (χ0n) is 10.00. The van der Waals surface area contributed by atoms with Crippen LogP contribution in [-0.4, -0.2) is 40.8 Å². The Balaban J connectivity index is 2.14. The molecule has 2 aromatic heterocycles. The molecule has 8 heteroatoms. The number of aromatic nitrogens is 3. The molecule has 7 nitrogen and oxygen atoms in total. The Bertz CT molecular complexity index is 649. The molecule has 0 aromatic carbocycles. The number of nitrogens with two attached hydrogens (primary N) is 1. The summed E-state index contributed by atoms with van der Waals surface area (Å²) in [5.41, 5.74) is 6.27. The SMILES string of the molecule is CCS(=O)(=O)CCNc1nc(N)cn2ccnc12. The Morgan fingerprint density at radius 2 is 2.28 bits per heavy atom. The summed E-state index contributed by atoms with van der Waals surface area (Å²) in [4.78, 5) is 8.24. The van der Waals surface area contributed by atoms with Gasteiger partial charge in [-0.3, -0.25) is 0 Å². The molecule has 2 rings (SSSR count). The van der Waals surface area contributed by atoms with E-state index in [0.717, 1.165) is 0 Å². The average Bonchev–Trinajstić information content (AvgIpc) is 2.76. The van der Waals surface area contributed by atoms with E-state index >= 15 is 0 Å². The number of fused-ring (bicyclic) bond motifs is 1. The van der Waals surface area contributed by atoms with Gasteiger partial charge in [0.05, 0.1) is 11.9 Å². The number of sulfone groups is 1. The Hall–Kier alpha value is -1.83. The molecule has 0 aliphatic heterocycles. The first-order valence-corrected chi connectivity index (χ1v) is 7.37. The van der Waals surface area contributed by atoms with E-state index in [2.05, 4.69) is 15.3 Å². The number of nitrogens with one attached hydrogen (secondary N) is 1. The van der Waals surface area contributed by atoms with Crippen LogP contribution in [0.25, 0.3) is 5.65 Å². The summed E-state index contributed by atoms with van der Waals surface area (Å²) in [5, 5.41) is 2.95. The van der Waals surface area contributed by atoms with E-state index in [1.165, 1.54) is 0 Å². The minimum atomic E-state index is -2.99. The summed E-state index contributed by atoms with van der Waals surface area (Å²) in [5.74, 6) is 1.04. The first-order chi connectivity index (χ1) is 8.52. The van der Waals surface area contributed by atoms with Gasteiger partial charge in [-0.05, 0) is 0 Å². The zero-order valence-corrected chi connectivity index (χ0v) is 10.8. The molecule has 0 radical (unpaired) electrons. The maximum Gasteiger partial charge on any atom is 0.180 e. The fourth-order valence-corrected chi connectivity index (χ4v) is 2.24. The molecule has 0 amide bonds. The lowest BCUT2D eigenvalue weighted by atomic mass is 10.5. The van der Waals surface area contributed by atoms with Gasteiger partial charge in [-0.25, -0.2) is 18.4 Å². The third-order valence-corrected chi connectivity index (χ3v) is 4.24. The molecule has 0 unspecified atom stereocenters. The van der Waals surface area contributed by atoms with Gasteiger partial charge in [-0.1, -0.05) is 6.92 Å². The van der Waals surface area contributed by atoms with E-state index in [4.69, 9.17) is 5.73 Å². The number of nitrogens with zero attached hydrogens (tertiary/aromatic N) is 3. The quantitative estimate of drug-likeness (QED) is 0.801. The van der Waals surface area contributed by atoms with Gasteiger partial charge in [0.2, 0.25) is 0 Å². The summed E-state index contributed by atoms with van der Waals surface area (Å²) < 4.78 is 24.5. The predicted octanol–water partition coefficient (Wildman–Crippen LogP) is 0.158. The van der Waals surface area contributed by atoms with Crippen LogP contribution >= 0.6 is 0 Å². The fourth-order valence-electron chi connectivity index (χ4n) is 1.54. The molecule has 0 bridgehead atoms. The van der Waals surface area contributed by atoms with Gasteiger partial charge in [0, 0.05) is 24.7 Å². The number of imidazole rings is 1. The summed E-state index contributed by atoms with van der Waals surface area (Å²) in [6, 6.07) is 0. The van der Waals surface area contributed by atoms with Crippen LogP contribution in [0.2, 0.25) is 0 Å². The number of rotatable bonds is 5. The van der Waals surface area contributed by atoms with E-state index in [0.29, 0.717) is 17.3 Å². The van der Waals surface area contributed by atoms with Crippen molar-refractivity contribution >= 4 is 27.1 Å². The van der Waals surface area contributed by atoms with E-state index in [-0.39, 0.29) is 18.1 Å². The Morgan fingerprint density at radius 3 is 3.00 bits per heavy atom. The van der Waals surface area contributed by atoms with E-state index in [1.807, 2.05) is 0 Å². The van der Waals surface area contributed by atoms with Crippen LogP contribution in [0.1, 0.15) is 6.92 Å². The Labute approximate surface area is 105 Å². The van der Waals surface area contributed by atoms with Crippen molar-refractivity contribution in [1.82, 2.24) is 14.4 Å².